The quantitative estimate of drug-likeness (QED) is 0.528. The first-order valence-electron chi connectivity index (χ1n) is 5.97. The number of methoxy groups -OCH3 is 1. The molecule has 8 nitrogen and oxygen atoms in total. The Morgan fingerprint density at radius 3 is 2.64 bits per heavy atom. The first kappa shape index (κ1) is 15.8. The van der Waals surface area contributed by atoms with Crippen molar-refractivity contribution in [1.29, 1.82) is 0 Å². The topological polar surface area (TPSA) is 114 Å². The molecular weight excluding hydrogens is 360 g/mol. The molecular formula is C13H11BrN2O6. The highest BCUT2D eigenvalue weighted by atomic mass is 79.9. The van der Waals surface area contributed by atoms with E-state index in [0.717, 1.165) is 0 Å². The summed E-state index contributed by atoms with van der Waals surface area (Å²) in [6, 6.07) is 2.56. The van der Waals surface area contributed by atoms with Crippen LogP contribution in [0.3, 0.4) is 0 Å². The number of carbonyl (C=O) groups is 3. The zero-order chi connectivity index (χ0) is 16.3. The maximum absolute atomic E-state index is 11.5. The van der Waals surface area contributed by atoms with Crippen molar-refractivity contribution in [2.45, 2.75) is 0 Å². The molecule has 2 rings (SSSR count). The molecule has 1 aromatic carbocycles. The summed E-state index contributed by atoms with van der Waals surface area (Å²) in [6.45, 7) is -0.520. The van der Waals surface area contributed by atoms with E-state index in [1.807, 2.05) is 0 Å². The Morgan fingerprint density at radius 2 is 2.09 bits per heavy atom. The largest absolute Gasteiger partial charge is 0.493 e. The van der Waals surface area contributed by atoms with Crippen LogP contribution in [0, 0.1) is 0 Å². The van der Waals surface area contributed by atoms with Crippen molar-refractivity contribution in [3.8, 4) is 11.5 Å². The fraction of sp³-hybridized carbons (Fsp3) is 0.154. The van der Waals surface area contributed by atoms with E-state index >= 15 is 0 Å². The summed E-state index contributed by atoms with van der Waals surface area (Å²) in [5.74, 6) is -1.14. The lowest BCUT2D eigenvalue weighted by molar-refractivity contribution is -0.139. The van der Waals surface area contributed by atoms with Gasteiger partial charge < -0.3 is 19.9 Å². The van der Waals surface area contributed by atoms with Crippen LogP contribution in [-0.4, -0.2) is 36.7 Å². The highest BCUT2D eigenvalue weighted by Crippen LogP contribution is 2.37. The van der Waals surface area contributed by atoms with Crippen molar-refractivity contribution < 1.29 is 29.0 Å². The van der Waals surface area contributed by atoms with E-state index in [1.54, 1.807) is 12.1 Å². The minimum Gasteiger partial charge on any atom is -0.493 e. The number of carboxylic acid groups (broad SMARTS) is 1. The number of hydrogen-bond acceptors (Lipinski definition) is 5. The predicted octanol–water partition coefficient (Wildman–Crippen LogP) is 1.10. The summed E-state index contributed by atoms with van der Waals surface area (Å²) in [6.07, 6.45) is 1.45. The van der Waals surface area contributed by atoms with Crippen LogP contribution in [0.2, 0.25) is 0 Å². The second-order valence-electron chi connectivity index (χ2n) is 4.18. The molecule has 1 heterocycles. The number of carbonyl (C=O) groups excluding carboxylic acids is 2. The van der Waals surface area contributed by atoms with E-state index in [9.17, 15) is 14.4 Å². The van der Waals surface area contributed by atoms with Gasteiger partial charge in [-0.3, -0.25) is 10.1 Å². The molecule has 3 amide bonds. The summed E-state index contributed by atoms with van der Waals surface area (Å²) in [5, 5.41) is 13.1. The smallest absolute Gasteiger partial charge is 0.341 e. The van der Waals surface area contributed by atoms with E-state index in [0.29, 0.717) is 10.0 Å². The number of aliphatic carboxylic acids is 1. The van der Waals surface area contributed by atoms with Crippen molar-refractivity contribution in [2.75, 3.05) is 13.7 Å². The third-order valence-electron chi connectivity index (χ3n) is 2.62. The van der Waals surface area contributed by atoms with Crippen LogP contribution in [-0.2, 0) is 9.59 Å². The molecule has 0 spiro atoms. The molecule has 3 N–H and O–H groups in total. The summed E-state index contributed by atoms with van der Waals surface area (Å²) in [5.41, 5.74) is 0.650. The molecule has 0 aliphatic carbocycles. The molecule has 0 bridgehead atoms. The highest BCUT2D eigenvalue weighted by Gasteiger charge is 2.23. The fourth-order valence-electron chi connectivity index (χ4n) is 1.75. The van der Waals surface area contributed by atoms with Crippen LogP contribution < -0.4 is 20.1 Å². The Morgan fingerprint density at radius 1 is 1.36 bits per heavy atom. The van der Waals surface area contributed by atoms with Crippen LogP contribution in [0.4, 0.5) is 4.79 Å². The van der Waals surface area contributed by atoms with Gasteiger partial charge in [-0.1, -0.05) is 0 Å². The van der Waals surface area contributed by atoms with E-state index in [1.165, 1.54) is 13.2 Å². The summed E-state index contributed by atoms with van der Waals surface area (Å²) < 4.78 is 10.7. The van der Waals surface area contributed by atoms with Gasteiger partial charge in [0, 0.05) is 0 Å². The third kappa shape index (κ3) is 3.55. The average Bonchev–Trinajstić information content (AvgIpc) is 2.74. The molecule has 1 saturated heterocycles. The van der Waals surface area contributed by atoms with Crippen LogP contribution in [0.5, 0.6) is 11.5 Å². The maximum atomic E-state index is 11.5. The van der Waals surface area contributed by atoms with Gasteiger partial charge >= 0.3 is 12.0 Å². The first-order valence-corrected chi connectivity index (χ1v) is 6.76. The van der Waals surface area contributed by atoms with Gasteiger partial charge in [-0.15, -0.1) is 0 Å². The number of halogens is 1. The molecule has 1 fully saturated rings. The van der Waals surface area contributed by atoms with Crippen molar-refractivity contribution in [3.05, 3.63) is 27.9 Å². The Bertz CT molecular complexity index is 685. The third-order valence-corrected chi connectivity index (χ3v) is 3.21. The Balaban J connectivity index is 2.33. The lowest BCUT2D eigenvalue weighted by atomic mass is 10.1. The number of hydrogen-bond donors (Lipinski definition) is 3. The second-order valence-corrected chi connectivity index (χ2v) is 5.04. The standard InChI is InChI=1S/C13H11BrN2O6/c1-21-9-4-6(3-8-12(19)16-13(20)15-8)2-7(14)11(9)22-5-10(17)18/h2-4H,5H2,1H3,(H,17,18)(H2,15,16,19,20)/b8-3+. The van der Waals surface area contributed by atoms with Gasteiger partial charge in [0.2, 0.25) is 0 Å². The molecule has 1 aliphatic heterocycles. The number of ether oxygens (including phenoxy) is 2. The van der Waals surface area contributed by atoms with Gasteiger partial charge in [0.25, 0.3) is 5.91 Å². The Kier molecular flexibility index (Phi) is 4.66. The van der Waals surface area contributed by atoms with E-state index in [4.69, 9.17) is 14.6 Å². The molecule has 1 aliphatic rings. The number of rotatable bonds is 5. The molecule has 116 valence electrons. The van der Waals surface area contributed by atoms with Crippen LogP contribution in [0.15, 0.2) is 22.3 Å². The summed E-state index contributed by atoms with van der Waals surface area (Å²) >= 11 is 3.25. The highest BCUT2D eigenvalue weighted by molar-refractivity contribution is 9.10. The normalized spacial score (nSPS) is 15.5. The Labute approximate surface area is 133 Å². The van der Waals surface area contributed by atoms with Crippen molar-refractivity contribution in [2.24, 2.45) is 0 Å². The maximum Gasteiger partial charge on any atom is 0.341 e. The van der Waals surface area contributed by atoms with Crippen LogP contribution in [0.1, 0.15) is 5.56 Å². The SMILES string of the molecule is COc1cc(/C=C2/NC(=O)NC2=O)cc(Br)c1OCC(=O)O. The molecule has 0 saturated carbocycles. The average molecular weight is 371 g/mol. The minimum absolute atomic E-state index is 0.0955. The van der Waals surface area contributed by atoms with Gasteiger partial charge in [-0.05, 0) is 39.7 Å². The summed E-state index contributed by atoms with van der Waals surface area (Å²) in [4.78, 5) is 33.1. The number of carboxylic acids is 1. The van der Waals surface area contributed by atoms with Gasteiger partial charge in [0.1, 0.15) is 5.70 Å². The van der Waals surface area contributed by atoms with Gasteiger partial charge in [-0.2, -0.15) is 0 Å². The van der Waals surface area contributed by atoms with E-state index in [2.05, 4.69) is 26.6 Å². The molecule has 1 aromatic rings. The molecule has 22 heavy (non-hydrogen) atoms. The fourth-order valence-corrected chi connectivity index (χ4v) is 2.32. The van der Waals surface area contributed by atoms with Gasteiger partial charge in [-0.25, -0.2) is 9.59 Å². The first-order chi connectivity index (χ1) is 10.4. The summed E-state index contributed by atoms with van der Waals surface area (Å²) in [7, 11) is 1.40. The second kappa shape index (κ2) is 6.48. The van der Waals surface area contributed by atoms with Crippen molar-refractivity contribution in [3.63, 3.8) is 0 Å². The molecule has 0 aromatic heterocycles. The van der Waals surface area contributed by atoms with Gasteiger partial charge in [0.05, 0.1) is 11.6 Å². The lowest BCUT2D eigenvalue weighted by Gasteiger charge is -2.12. The van der Waals surface area contributed by atoms with Crippen molar-refractivity contribution in [1.82, 2.24) is 10.6 Å². The number of nitrogens with one attached hydrogen (secondary N) is 2. The zero-order valence-corrected chi connectivity index (χ0v) is 12.9. The molecule has 0 unspecified atom stereocenters. The van der Waals surface area contributed by atoms with Crippen LogP contribution in [0.25, 0.3) is 6.08 Å². The van der Waals surface area contributed by atoms with E-state index in [-0.39, 0.29) is 17.2 Å². The predicted molar refractivity (Wildman–Crippen MR) is 78.5 cm³/mol. The number of benzene rings is 1. The van der Waals surface area contributed by atoms with Crippen molar-refractivity contribution >= 4 is 39.9 Å². The Hall–Kier alpha value is -2.55. The molecule has 0 atom stereocenters. The minimum atomic E-state index is -1.12. The van der Waals surface area contributed by atoms with E-state index < -0.39 is 24.5 Å². The number of amides is 3. The molecule has 9 heteroatoms. The van der Waals surface area contributed by atoms with Crippen LogP contribution >= 0.6 is 15.9 Å². The molecule has 0 radical (unpaired) electrons. The zero-order valence-electron chi connectivity index (χ0n) is 11.3. The lowest BCUT2D eigenvalue weighted by Crippen LogP contribution is -2.22. The number of imide groups is 1. The monoisotopic (exact) mass is 370 g/mol. The van der Waals surface area contributed by atoms with Gasteiger partial charge in [0.15, 0.2) is 18.1 Å². The number of urea groups is 1.